The average molecular weight is 354 g/mol. The molecule has 0 radical (unpaired) electrons. The lowest BCUT2D eigenvalue weighted by Gasteiger charge is -2.08. The fraction of sp³-hybridized carbons (Fsp3) is 0. The van der Waals surface area contributed by atoms with Crippen molar-refractivity contribution in [3.05, 3.63) is 58.1 Å². The van der Waals surface area contributed by atoms with Crippen molar-refractivity contribution >= 4 is 51.2 Å². The minimum atomic E-state index is 0.265. The van der Waals surface area contributed by atoms with Crippen LogP contribution in [0.25, 0.3) is 27.9 Å². The molecule has 0 aliphatic rings. The van der Waals surface area contributed by atoms with Gasteiger partial charge >= 0.3 is 0 Å². The predicted octanol–water partition coefficient (Wildman–Crippen LogP) is 4.33. The monoisotopic (exact) mass is 353 g/mol. The summed E-state index contributed by atoms with van der Waals surface area (Å²) in [6.45, 7) is 0. The van der Waals surface area contributed by atoms with Gasteiger partial charge in [0.2, 0.25) is 0 Å². The minimum Gasteiger partial charge on any atom is -0.384 e. The van der Waals surface area contributed by atoms with E-state index in [9.17, 15) is 5.26 Å². The molecule has 4 aromatic rings. The molecule has 0 saturated carbocycles. The number of nitrogens with zero attached hydrogens (tertiary/aromatic N) is 4. The Labute approximate surface area is 146 Å². The van der Waals surface area contributed by atoms with E-state index >= 15 is 0 Å². The maximum absolute atomic E-state index is 9.49. The van der Waals surface area contributed by atoms with Crippen molar-refractivity contribution in [2.45, 2.75) is 0 Å². The molecule has 0 amide bonds. The number of nitrogens with two attached hydrogens (primary N) is 1. The average Bonchev–Trinajstić information content (AvgIpc) is 2.85. The number of benzene rings is 2. The van der Waals surface area contributed by atoms with Crippen molar-refractivity contribution in [1.29, 1.82) is 5.26 Å². The van der Waals surface area contributed by atoms with Crippen LogP contribution >= 0.6 is 23.2 Å². The highest BCUT2D eigenvalue weighted by atomic mass is 35.5. The molecule has 0 aliphatic carbocycles. The fourth-order valence-corrected chi connectivity index (χ4v) is 2.95. The summed E-state index contributed by atoms with van der Waals surface area (Å²) < 4.78 is 1.66. The molecule has 0 spiro atoms. The standard InChI is InChI=1S/C17H9Cl2N5/c18-11-6-5-9(7-12(11)19)24-16(21)10(8-20)15-17(24)23-14-4-2-1-3-13(14)22-15/h1-7H,21H2. The SMILES string of the molecule is N#Cc1c(N)n(-c2ccc(Cl)c(Cl)c2)c2nc3ccccc3nc12. The van der Waals surface area contributed by atoms with Crippen LogP contribution in [0.4, 0.5) is 5.82 Å². The highest BCUT2D eigenvalue weighted by Crippen LogP contribution is 2.32. The number of aromatic nitrogens is 3. The molecule has 7 heteroatoms. The van der Waals surface area contributed by atoms with Gasteiger partial charge < -0.3 is 5.73 Å². The van der Waals surface area contributed by atoms with Crippen LogP contribution in [0.1, 0.15) is 5.56 Å². The molecule has 2 aromatic heterocycles. The zero-order valence-electron chi connectivity index (χ0n) is 12.2. The molecule has 2 aromatic carbocycles. The summed E-state index contributed by atoms with van der Waals surface area (Å²) >= 11 is 12.1. The molecule has 0 bridgehead atoms. The van der Waals surface area contributed by atoms with E-state index < -0.39 is 0 Å². The molecule has 0 unspecified atom stereocenters. The van der Waals surface area contributed by atoms with Crippen LogP contribution in [0.3, 0.4) is 0 Å². The number of anilines is 1. The van der Waals surface area contributed by atoms with Gasteiger partial charge in [-0.1, -0.05) is 35.3 Å². The first-order valence-electron chi connectivity index (χ1n) is 7.02. The molecule has 0 saturated heterocycles. The van der Waals surface area contributed by atoms with E-state index in [1.54, 1.807) is 22.8 Å². The Morgan fingerprint density at radius 3 is 2.38 bits per heavy atom. The highest BCUT2D eigenvalue weighted by molar-refractivity contribution is 6.42. The molecule has 4 rings (SSSR count). The Balaban J connectivity index is 2.14. The normalized spacial score (nSPS) is 11.0. The van der Waals surface area contributed by atoms with Gasteiger partial charge in [0.15, 0.2) is 5.65 Å². The summed E-state index contributed by atoms with van der Waals surface area (Å²) in [7, 11) is 0. The van der Waals surface area contributed by atoms with Gasteiger partial charge in [-0.3, -0.25) is 4.57 Å². The molecular weight excluding hydrogens is 345 g/mol. The molecular formula is C17H9Cl2N5. The second-order valence-electron chi connectivity index (χ2n) is 5.19. The van der Waals surface area contributed by atoms with Crippen molar-refractivity contribution in [1.82, 2.24) is 14.5 Å². The molecule has 0 atom stereocenters. The van der Waals surface area contributed by atoms with Gasteiger partial charge in [-0.25, -0.2) is 9.97 Å². The number of nitriles is 1. The fourth-order valence-electron chi connectivity index (χ4n) is 2.66. The molecule has 5 nitrogen and oxygen atoms in total. The van der Waals surface area contributed by atoms with Gasteiger partial charge in [0, 0.05) is 0 Å². The van der Waals surface area contributed by atoms with Gasteiger partial charge in [-0.15, -0.1) is 0 Å². The molecule has 116 valence electrons. The van der Waals surface area contributed by atoms with Crippen LogP contribution in [-0.2, 0) is 0 Å². The Morgan fingerprint density at radius 2 is 1.71 bits per heavy atom. The van der Waals surface area contributed by atoms with Crippen molar-refractivity contribution < 1.29 is 0 Å². The number of rotatable bonds is 1. The van der Waals surface area contributed by atoms with Gasteiger partial charge in [0.05, 0.1) is 26.8 Å². The Hall–Kier alpha value is -2.81. The van der Waals surface area contributed by atoms with Crippen LogP contribution in [0.2, 0.25) is 10.0 Å². The van der Waals surface area contributed by atoms with E-state index in [0.29, 0.717) is 37.9 Å². The van der Waals surface area contributed by atoms with E-state index in [2.05, 4.69) is 16.0 Å². The van der Waals surface area contributed by atoms with Gasteiger partial charge in [0.25, 0.3) is 0 Å². The second-order valence-corrected chi connectivity index (χ2v) is 6.00. The number of nitrogen functional groups attached to an aromatic ring is 1. The zero-order chi connectivity index (χ0) is 16.8. The summed E-state index contributed by atoms with van der Waals surface area (Å²) in [5.41, 5.74) is 9.52. The van der Waals surface area contributed by atoms with Crippen LogP contribution in [0, 0.1) is 11.3 Å². The molecule has 2 N–H and O–H groups in total. The summed E-state index contributed by atoms with van der Waals surface area (Å²) in [6, 6.07) is 14.7. The van der Waals surface area contributed by atoms with Crippen LogP contribution in [0.15, 0.2) is 42.5 Å². The third kappa shape index (κ3) is 2.08. The van der Waals surface area contributed by atoms with E-state index in [4.69, 9.17) is 28.9 Å². The third-order valence-corrected chi connectivity index (χ3v) is 4.51. The van der Waals surface area contributed by atoms with E-state index in [0.717, 1.165) is 0 Å². The number of fused-ring (bicyclic) bond motifs is 2. The molecule has 24 heavy (non-hydrogen) atoms. The van der Waals surface area contributed by atoms with Crippen LogP contribution < -0.4 is 5.73 Å². The topological polar surface area (TPSA) is 80.5 Å². The number of hydrogen-bond acceptors (Lipinski definition) is 4. The van der Waals surface area contributed by atoms with E-state index in [1.807, 2.05) is 24.3 Å². The first-order valence-corrected chi connectivity index (χ1v) is 7.78. The Bertz CT molecular complexity index is 1160. The van der Waals surface area contributed by atoms with E-state index in [-0.39, 0.29) is 11.4 Å². The van der Waals surface area contributed by atoms with Gasteiger partial charge in [-0.05, 0) is 30.3 Å². The lowest BCUT2D eigenvalue weighted by atomic mass is 10.2. The minimum absolute atomic E-state index is 0.265. The number of hydrogen-bond donors (Lipinski definition) is 1. The maximum Gasteiger partial charge on any atom is 0.167 e. The van der Waals surface area contributed by atoms with Crippen molar-refractivity contribution in [2.24, 2.45) is 0 Å². The number of para-hydroxylation sites is 2. The van der Waals surface area contributed by atoms with E-state index in [1.165, 1.54) is 0 Å². The highest BCUT2D eigenvalue weighted by Gasteiger charge is 2.20. The largest absolute Gasteiger partial charge is 0.384 e. The predicted molar refractivity (Wildman–Crippen MR) is 95.5 cm³/mol. The number of halogens is 2. The maximum atomic E-state index is 9.49. The molecule has 0 fully saturated rings. The molecule has 2 heterocycles. The van der Waals surface area contributed by atoms with Crippen LogP contribution in [-0.4, -0.2) is 14.5 Å². The molecule has 0 aliphatic heterocycles. The van der Waals surface area contributed by atoms with Gasteiger partial charge in [-0.2, -0.15) is 5.26 Å². The lowest BCUT2D eigenvalue weighted by Crippen LogP contribution is -2.01. The quantitative estimate of drug-likeness (QED) is 0.552. The van der Waals surface area contributed by atoms with Crippen molar-refractivity contribution in [3.63, 3.8) is 0 Å². The second kappa shape index (κ2) is 5.38. The lowest BCUT2D eigenvalue weighted by molar-refractivity contribution is 1.11. The Kier molecular flexibility index (Phi) is 3.31. The smallest absolute Gasteiger partial charge is 0.167 e. The summed E-state index contributed by atoms with van der Waals surface area (Å²) in [4.78, 5) is 9.18. The van der Waals surface area contributed by atoms with Gasteiger partial charge in [0.1, 0.15) is 23.0 Å². The zero-order valence-corrected chi connectivity index (χ0v) is 13.7. The summed E-state index contributed by atoms with van der Waals surface area (Å²) in [5, 5.41) is 10.3. The first kappa shape index (κ1) is 14.8. The summed E-state index contributed by atoms with van der Waals surface area (Å²) in [6.07, 6.45) is 0. The first-order chi connectivity index (χ1) is 11.6. The van der Waals surface area contributed by atoms with Crippen molar-refractivity contribution in [2.75, 3.05) is 5.73 Å². The van der Waals surface area contributed by atoms with Crippen molar-refractivity contribution in [3.8, 4) is 11.8 Å². The van der Waals surface area contributed by atoms with Crippen LogP contribution in [0.5, 0.6) is 0 Å². The Morgan fingerprint density at radius 1 is 1.00 bits per heavy atom. The summed E-state index contributed by atoms with van der Waals surface area (Å²) in [5.74, 6) is 0.265. The third-order valence-electron chi connectivity index (χ3n) is 3.77.